The van der Waals surface area contributed by atoms with E-state index in [4.69, 9.17) is 0 Å². The Kier molecular flexibility index (Phi) is 4.04. The molecule has 0 saturated carbocycles. The van der Waals surface area contributed by atoms with E-state index in [9.17, 15) is 4.39 Å². The van der Waals surface area contributed by atoms with E-state index < -0.39 is 0 Å². The lowest BCUT2D eigenvalue weighted by Gasteiger charge is -2.13. The maximum absolute atomic E-state index is 13.5. The topological polar surface area (TPSA) is 42.7 Å². The lowest BCUT2D eigenvalue weighted by Crippen LogP contribution is -2.29. The van der Waals surface area contributed by atoms with Gasteiger partial charge in [0.2, 0.25) is 0 Å². The zero-order valence-corrected chi connectivity index (χ0v) is 10.6. The molecule has 2 aromatic rings. The van der Waals surface area contributed by atoms with Crippen LogP contribution in [0.5, 0.6) is 0 Å². The van der Waals surface area contributed by atoms with Crippen LogP contribution in [0.25, 0.3) is 0 Å². The van der Waals surface area contributed by atoms with Crippen molar-refractivity contribution >= 4 is 0 Å². The Morgan fingerprint density at radius 1 is 1.39 bits per heavy atom. The molecule has 1 aromatic heterocycles. The molecule has 0 aliphatic rings. The lowest BCUT2D eigenvalue weighted by molar-refractivity contribution is 0.507. The molecule has 0 bridgehead atoms. The maximum atomic E-state index is 13.5. The van der Waals surface area contributed by atoms with E-state index in [0.717, 1.165) is 11.4 Å². The first-order valence-electron chi connectivity index (χ1n) is 5.96. The number of rotatable bonds is 5. The molecule has 0 aliphatic carbocycles. The highest BCUT2D eigenvalue weighted by Gasteiger charge is 2.08. The fraction of sp³-hybridized carbons (Fsp3) is 0.385. The van der Waals surface area contributed by atoms with Crippen LogP contribution in [-0.4, -0.2) is 20.8 Å². The second kappa shape index (κ2) is 5.73. The summed E-state index contributed by atoms with van der Waals surface area (Å²) in [6.07, 6.45) is 2.18. The van der Waals surface area contributed by atoms with Crippen LogP contribution in [0.3, 0.4) is 0 Å². The number of nitrogens with zero attached hydrogens (tertiary/aromatic N) is 3. The molecular formula is C13H17FN4. The molecule has 5 heteroatoms. The van der Waals surface area contributed by atoms with Crippen molar-refractivity contribution in [2.24, 2.45) is 7.05 Å². The van der Waals surface area contributed by atoms with Crippen LogP contribution in [0.15, 0.2) is 30.6 Å². The number of hydrogen-bond acceptors (Lipinski definition) is 3. The molecule has 96 valence electrons. The van der Waals surface area contributed by atoms with Gasteiger partial charge < -0.3 is 5.32 Å². The van der Waals surface area contributed by atoms with Crippen LogP contribution in [-0.2, 0) is 20.0 Å². The summed E-state index contributed by atoms with van der Waals surface area (Å²) in [4.78, 5) is 4.13. The van der Waals surface area contributed by atoms with Gasteiger partial charge >= 0.3 is 0 Å². The fourth-order valence-corrected chi connectivity index (χ4v) is 1.81. The second-order valence-corrected chi connectivity index (χ2v) is 4.38. The molecular weight excluding hydrogens is 231 g/mol. The molecule has 1 aromatic carbocycles. The molecule has 1 N–H and O–H groups in total. The second-order valence-electron chi connectivity index (χ2n) is 4.38. The molecule has 0 saturated heterocycles. The minimum atomic E-state index is -0.148. The van der Waals surface area contributed by atoms with E-state index in [1.807, 2.05) is 26.1 Å². The van der Waals surface area contributed by atoms with E-state index in [2.05, 4.69) is 15.4 Å². The van der Waals surface area contributed by atoms with Crippen LogP contribution in [0, 0.1) is 5.82 Å². The summed E-state index contributed by atoms with van der Waals surface area (Å²) >= 11 is 0. The summed E-state index contributed by atoms with van der Waals surface area (Å²) in [5, 5.41) is 7.31. The maximum Gasteiger partial charge on any atom is 0.140 e. The monoisotopic (exact) mass is 248 g/mol. The number of halogens is 1. The van der Waals surface area contributed by atoms with Crippen molar-refractivity contribution in [2.45, 2.75) is 25.9 Å². The third-order valence-corrected chi connectivity index (χ3v) is 2.90. The zero-order chi connectivity index (χ0) is 13.0. The van der Waals surface area contributed by atoms with Crippen LogP contribution in [0.1, 0.15) is 18.3 Å². The highest BCUT2D eigenvalue weighted by molar-refractivity contribution is 5.18. The van der Waals surface area contributed by atoms with Gasteiger partial charge in [0.1, 0.15) is 18.0 Å². The van der Waals surface area contributed by atoms with E-state index in [-0.39, 0.29) is 11.9 Å². The molecule has 4 nitrogen and oxygen atoms in total. The Hall–Kier alpha value is -1.75. The van der Waals surface area contributed by atoms with E-state index in [1.165, 1.54) is 12.4 Å². The number of aryl methyl sites for hydroxylation is 1. The van der Waals surface area contributed by atoms with Crippen LogP contribution in [0.2, 0.25) is 0 Å². The average Bonchev–Trinajstić information content (AvgIpc) is 2.75. The SMILES string of the molecule is CC(Cc1ccccc1F)NCc1ncnn1C. The molecule has 1 unspecified atom stereocenters. The van der Waals surface area contributed by atoms with Gasteiger partial charge in [-0.2, -0.15) is 5.10 Å². The molecule has 2 rings (SSSR count). The minimum absolute atomic E-state index is 0.148. The van der Waals surface area contributed by atoms with Gasteiger partial charge in [-0.1, -0.05) is 18.2 Å². The van der Waals surface area contributed by atoms with Gasteiger partial charge in [-0.25, -0.2) is 9.37 Å². The molecule has 0 spiro atoms. The van der Waals surface area contributed by atoms with Gasteiger partial charge in [-0.3, -0.25) is 4.68 Å². The lowest BCUT2D eigenvalue weighted by atomic mass is 10.1. The summed E-state index contributed by atoms with van der Waals surface area (Å²) < 4.78 is 15.2. The van der Waals surface area contributed by atoms with Gasteiger partial charge in [0.15, 0.2) is 0 Å². The van der Waals surface area contributed by atoms with E-state index in [0.29, 0.717) is 13.0 Å². The average molecular weight is 248 g/mol. The van der Waals surface area contributed by atoms with Gasteiger partial charge in [0.25, 0.3) is 0 Å². The predicted octanol–water partition coefficient (Wildman–Crippen LogP) is 1.68. The van der Waals surface area contributed by atoms with Crippen molar-refractivity contribution in [3.8, 4) is 0 Å². The third kappa shape index (κ3) is 3.13. The van der Waals surface area contributed by atoms with Gasteiger partial charge in [0.05, 0.1) is 6.54 Å². The first kappa shape index (κ1) is 12.7. The summed E-state index contributed by atoms with van der Waals surface area (Å²) in [6.45, 7) is 2.66. The highest BCUT2D eigenvalue weighted by atomic mass is 19.1. The van der Waals surface area contributed by atoms with E-state index >= 15 is 0 Å². The Morgan fingerprint density at radius 2 is 2.17 bits per heavy atom. The van der Waals surface area contributed by atoms with Crippen molar-refractivity contribution in [1.29, 1.82) is 0 Å². The van der Waals surface area contributed by atoms with Crippen molar-refractivity contribution in [2.75, 3.05) is 0 Å². The van der Waals surface area contributed by atoms with Crippen LogP contribution < -0.4 is 5.32 Å². The summed E-state index contributed by atoms with van der Waals surface area (Å²) in [7, 11) is 1.85. The third-order valence-electron chi connectivity index (χ3n) is 2.90. The quantitative estimate of drug-likeness (QED) is 0.875. The normalized spacial score (nSPS) is 12.6. The standard InChI is InChI=1S/C13H17FN4/c1-10(7-11-5-3-4-6-12(11)14)15-8-13-16-9-17-18(13)2/h3-6,9-10,15H,7-8H2,1-2H3. The van der Waals surface area contributed by atoms with Gasteiger partial charge in [0, 0.05) is 13.1 Å². The summed E-state index contributed by atoms with van der Waals surface area (Å²) in [6, 6.07) is 7.05. The summed E-state index contributed by atoms with van der Waals surface area (Å²) in [5.41, 5.74) is 0.732. The Morgan fingerprint density at radius 3 is 2.83 bits per heavy atom. The molecule has 18 heavy (non-hydrogen) atoms. The Balaban J connectivity index is 1.88. The summed E-state index contributed by atoms with van der Waals surface area (Å²) in [5.74, 6) is 0.722. The first-order chi connectivity index (χ1) is 8.66. The van der Waals surface area contributed by atoms with Crippen LogP contribution in [0.4, 0.5) is 4.39 Å². The number of nitrogens with one attached hydrogen (secondary N) is 1. The Labute approximate surface area is 106 Å². The minimum Gasteiger partial charge on any atom is -0.307 e. The first-order valence-corrected chi connectivity index (χ1v) is 5.96. The zero-order valence-electron chi connectivity index (χ0n) is 10.6. The fourth-order valence-electron chi connectivity index (χ4n) is 1.81. The van der Waals surface area contributed by atoms with Gasteiger partial charge in [-0.15, -0.1) is 0 Å². The van der Waals surface area contributed by atoms with E-state index in [1.54, 1.807) is 10.7 Å². The number of aromatic nitrogens is 3. The van der Waals surface area contributed by atoms with Crippen molar-refractivity contribution in [3.05, 3.63) is 47.8 Å². The molecule has 0 fully saturated rings. The molecule has 0 aliphatic heterocycles. The van der Waals surface area contributed by atoms with Gasteiger partial charge in [-0.05, 0) is 25.0 Å². The molecule has 1 atom stereocenters. The highest BCUT2D eigenvalue weighted by Crippen LogP contribution is 2.09. The molecule has 0 amide bonds. The van der Waals surface area contributed by atoms with Crippen molar-refractivity contribution in [3.63, 3.8) is 0 Å². The Bertz CT molecular complexity index is 509. The molecule has 1 heterocycles. The smallest absolute Gasteiger partial charge is 0.140 e. The van der Waals surface area contributed by atoms with Crippen molar-refractivity contribution in [1.82, 2.24) is 20.1 Å². The number of hydrogen-bond donors (Lipinski definition) is 1. The van der Waals surface area contributed by atoms with Crippen molar-refractivity contribution < 1.29 is 4.39 Å². The predicted molar refractivity (Wildman–Crippen MR) is 67.4 cm³/mol. The van der Waals surface area contributed by atoms with Crippen LogP contribution >= 0.6 is 0 Å². The largest absolute Gasteiger partial charge is 0.307 e. The number of benzene rings is 1. The molecule has 0 radical (unpaired) electrons.